The molecule has 5 nitrogen and oxygen atoms in total. The van der Waals surface area contributed by atoms with E-state index < -0.39 is 22.9 Å². The Balaban J connectivity index is 2.70. The fraction of sp³-hybridized carbons (Fsp3) is 0.308. The van der Waals surface area contributed by atoms with Crippen LogP contribution in [0, 0.1) is 23.0 Å². The standard InChI is InChI=1S/C13H12F2N4O/c1-7(2)12-17-19(13(20)18(12)3)11-5-9(14)8(6-16)4-10(11)15/h4-5,7H,1-3H3. The summed E-state index contributed by atoms with van der Waals surface area (Å²) in [6.07, 6.45) is 0. The van der Waals surface area contributed by atoms with E-state index in [0.29, 0.717) is 5.82 Å². The molecule has 0 bridgehead atoms. The van der Waals surface area contributed by atoms with Crippen molar-refractivity contribution in [2.45, 2.75) is 19.8 Å². The zero-order chi connectivity index (χ0) is 15.0. The lowest BCUT2D eigenvalue weighted by molar-refractivity contribution is 0.580. The minimum atomic E-state index is -0.896. The quantitative estimate of drug-likeness (QED) is 0.842. The predicted molar refractivity (Wildman–Crippen MR) is 67.5 cm³/mol. The fourth-order valence-electron chi connectivity index (χ4n) is 1.90. The Morgan fingerprint density at radius 2 is 1.95 bits per heavy atom. The van der Waals surface area contributed by atoms with Gasteiger partial charge in [0.15, 0.2) is 5.82 Å². The van der Waals surface area contributed by atoms with Crippen LogP contribution in [-0.4, -0.2) is 14.3 Å². The number of aromatic nitrogens is 3. The number of halogens is 2. The molecule has 0 N–H and O–H groups in total. The maximum absolute atomic E-state index is 13.9. The van der Waals surface area contributed by atoms with Crippen molar-refractivity contribution in [1.82, 2.24) is 14.3 Å². The van der Waals surface area contributed by atoms with Crippen LogP contribution in [0.25, 0.3) is 5.69 Å². The lowest BCUT2D eigenvalue weighted by Crippen LogP contribution is -2.23. The maximum atomic E-state index is 13.9. The highest BCUT2D eigenvalue weighted by atomic mass is 19.1. The molecule has 0 unspecified atom stereocenters. The summed E-state index contributed by atoms with van der Waals surface area (Å²) in [5.74, 6) is -1.36. The lowest BCUT2D eigenvalue weighted by atomic mass is 10.2. The Labute approximate surface area is 113 Å². The Hall–Kier alpha value is -2.49. The van der Waals surface area contributed by atoms with Gasteiger partial charge in [0.25, 0.3) is 0 Å². The van der Waals surface area contributed by atoms with E-state index >= 15 is 0 Å². The van der Waals surface area contributed by atoms with Gasteiger partial charge in [-0.05, 0) is 6.07 Å². The molecule has 7 heteroatoms. The summed E-state index contributed by atoms with van der Waals surface area (Å²) in [6.45, 7) is 3.67. The van der Waals surface area contributed by atoms with Crippen LogP contribution < -0.4 is 5.69 Å². The Morgan fingerprint density at radius 3 is 2.45 bits per heavy atom. The van der Waals surface area contributed by atoms with Gasteiger partial charge in [-0.1, -0.05) is 13.8 Å². The minimum Gasteiger partial charge on any atom is -0.282 e. The molecule has 0 saturated heterocycles. The molecule has 0 radical (unpaired) electrons. The van der Waals surface area contributed by atoms with Crippen LogP contribution in [-0.2, 0) is 7.05 Å². The molecule has 2 rings (SSSR count). The first-order chi connectivity index (χ1) is 9.36. The fourth-order valence-corrected chi connectivity index (χ4v) is 1.90. The SMILES string of the molecule is CC(C)c1nn(-c2cc(F)c(C#N)cc2F)c(=O)n1C. The van der Waals surface area contributed by atoms with Crippen molar-refractivity contribution in [2.75, 3.05) is 0 Å². The second-order valence-electron chi connectivity index (χ2n) is 4.66. The van der Waals surface area contributed by atoms with Gasteiger partial charge < -0.3 is 0 Å². The van der Waals surface area contributed by atoms with Gasteiger partial charge in [-0.2, -0.15) is 9.94 Å². The van der Waals surface area contributed by atoms with Crippen LogP contribution in [0.2, 0.25) is 0 Å². The van der Waals surface area contributed by atoms with Crippen LogP contribution in [0.15, 0.2) is 16.9 Å². The lowest BCUT2D eigenvalue weighted by Gasteiger charge is -2.03. The highest BCUT2D eigenvalue weighted by Gasteiger charge is 2.18. The first-order valence-electron chi connectivity index (χ1n) is 5.92. The predicted octanol–water partition coefficient (Wildman–Crippen LogP) is 1.84. The summed E-state index contributed by atoms with van der Waals surface area (Å²) in [5, 5.41) is 12.6. The molecule has 0 aliphatic rings. The zero-order valence-electron chi connectivity index (χ0n) is 11.2. The topological polar surface area (TPSA) is 63.6 Å². The van der Waals surface area contributed by atoms with Crippen molar-refractivity contribution < 1.29 is 8.78 Å². The first kappa shape index (κ1) is 13.9. The summed E-state index contributed by atoms with van der Waals surface area (Å²) in [5.41, 5.74) is -1.30. The number of hydrogen-bond acceptors (Lipinski definition) is 3. The van der Waals surface area contributed by atoms with Crippen LogP contribution in [0.5, 0.6) is 0 Å². The van der Waals surface area contributed by atoms with Crippen molar-refractivity contribution in [3.63, 3.8) is 0 Å². The summed E-state index contributed by atoms with van der Waals surface area (Å²) in [4.78, 5) is 12.0. The van der Waals surface area contributed by atoms with E-state index in [0.717, 1.165) is 16.8 Å². The van der Waals surface area contributed by atoms with E-state index in [4.69, 9.17) is 5.26 Å². The zero-order valence-corrected chi connectivity index (χ0v) is 11.2. The third kappa shape index (κ3) is 2.09. The second-order valence-corrected chi connectivity index (χ2v) is 4.66. The molecular formula is C13H12F2N4O. The van der Waals surface area contributed by atoms with E-state index in [1.54, 1.807) is 0 Å². The molecule has 20 heavy (non-hydrogen) atoms. The van der Waals surface area contributed by atoms with Crippen molar-refractivity contribution in [1.29, 1.82) is 5.26 Å². The molecule has 1 heterocycles. The van der Waals surface area contributed by atoms with Crippen LogP contribution in [0.3, 0.4) is 0 Å². The molecule has 2 aromatic rings. The maximum Gasteiger partial charge on any atom is 0.350 e. The van der Waals surface area contributed by atoms with Gasteiger partial charge in [-0.25, -0.2) is 13.6 Å². The molecular weight excluding hydrogens is 266 g/mol. The number of benzene rings is 1. The number of nitrogens with zero attached hydrogens (tertiary/aromatic N) is 4. The molecule has 0 fully saturated rings. The van der Waals surface area contributed by atoms with Crippen molar-refractivity contribution in [3.05, 3.63) is 45.6 Å². The highest BCUT2D eigenvalue weighted by Crippen LogP contribution is 2.18. The number of nitriles is 1. The third-order valence-electron chi connectivity index (χ3n) is 2.92. The smallest absolute Gasteiger partial charge is 0.282 e. The van der Waals surface area contributed by atoms with Gasteiger partial charge in [0, 0.05) is 19.0 Å². The summed E-state index contributed by atoms with van der Waals surface area (Å²) < 4.78 is 29.6. The molecule has 0 atom stereocenters. The van der Waals surface area contributed by atoms with Crippen LogP contribution >= 0.6 is 0 Å². The van der Waals surface area contributed by atoms with Crippen LogP contribution in [0.1, 0.15) is 31.2 Å². The van der Waals surface area contributed by atoms with Crippen LogP contribution in [0.4, 0.5) is 8.78 Å². The van der Waals surface area contributed by atoms with Gasteiger partial charge in [0.2, 0.25) is 0 Å². The normalized spacial score (nSPS) is 10.8. The molecule has 0 spiro atoms. The molecule has 1 aromatic carbocycles. The van der Waals surface area contributed by atoms with Gasteiger partial charge in [-0.15, -0.1) is 5.10 Å². The highest BCUT2D eigenvalue weighted by molar-refractivity contribution is 5.41. The van der Waals surface area contributed by atoms with Gasteiger partial charge in [0.1, 0.15) is 23.4 Å². The van der Waals surface area contributed by atoms with Crippen molar-refractivity contribution in [2.24, 2.45) is 7.05 Å². The van der Waals surface area contributed by atoms with Crippen molar-refractivity contribution in [3.8, 4) is 11.8 Å². The number of hydrogen-bond donors (Lipinski definition) is 0. The third-order valence-corrected chi connectivity index (χ3v) is 2.92. The van der Waals surface area contributed by atoms with Crippen molar-refractivity contribution >= 4 is 0 Å². The Morgan fingerprint density at radius 1 is 1.30 bits per heavy atom. The van der Waals surface area contributed by atoms with E-state index in [1.165, 1.54) is 17.7 Å². The average molecular weight is 278 g/mol. The largest absolute Gasteiger partial charge is 0.350 e. The molecule has 0 aliphatic heterocycles. The van der Waals surface area contributed by atoms with E-state index in [9.17, 15) is 13.6 Å². The van der Waals surface area contributed by atoms with E-state index in [1.807, 2.05) is 13.8 Å². The van der Waals surface area contributed by atoms with Gasteiger partial charge in [-0.3, -0.25) is 4.57 Å². The Kier molecular flexibility index (Phi) is 3.40. The summed E-state index contributed by atoms with van der Waals surface area (Å²) >= 11 is 0. The van der Waals surface area contributed by atoms with E-state index in [2.05, 4.69) is 5.10 Å². The van der Waals surface area contributed by atoms with E-state index in [-0.39, 0.29) is 11.6 Å². The molecule has 0 amide bonds. The second kappa shape index (κ2) is 4.89. The Bertz CT molecular complexity index is 768. The number of rotatable bonds is 2. The monoisotopic (exact) mass is 278 g/mol. The molecule has 104 valence electrons. The average Bonchev–Trinajstić information content (AvgIpc) is 2.69. The minimum absolute atomic E-state index is 0.0414. The summed E-state index contributed by atoms with van der Waals surface area (Å²) in [7, 11) is 1.51. The molecule has 0 saturated carbocycles. The molecule has 1 aromatic heterocycles. The first-order valence-corrected chi connectivity index (χ1v) is 5.92. The van der Waals surface area contributed by atoms with Gasteiger partial charge >= 0.3 is 5.69 Å². The molecule has 0 aliphatic carbocycles. The summed E-state index contributed by atoms with van der Waals surface area (Å²) in [6, 6.07) is 3.09. The van der Waals surface area contributed by atoms with Gasteiger partial charge in [0.05, 0.1) is 5.56 Å².